The van der Waals surface area contributed by atoms with Crippen LogP contribution in [-0.4, -0.2) is 18.8 Å². The lowest BCUT2D eigenvalue weighted by molar-refractivity contribution is 0.373. The number of hydrogen-bond donors (Lipinski definition) is 2. The van der Waals surface area contributed by atoms with E-state index in [1.54, 1.807) is 6.26 Å². The van der Waals surface area contributed by atoms with E-state index in [1.165, 1.54) is 5.71 Å². The molecule has 3 heterocycles. The van der Waals surface area contributed by atoms with Gasteiger partial charge in [-0.2, -0.15) is 5.10 Å². The Hall–Kier alpha value is -1.29. The molecule has 1 saturated heterocycles. The molecule has 1 aromatic heterocycles. The van der Waals surface area contributed by atoms with Gasteiger partial charge in [-0.3, -0.25) is 5.43 Å². The summed E-state index contributed by atoms with van der Waals surface area (Å²) in [5, 5.41) is 7.75. The molecule has 4 heteroatoms. The van der Waals surface area contributed by atoms with Gasteiger partial charge in [0.1, 0.15) is 11.8 Å². The number of fused-ring (bicyclic) bond motifs is 1. The van der Waals surface area contributed by atoms with Gasteiger partial charge < -0.3 is 9.73 Å². The lowest BCUT2D eigenvalue weighted by atomic mass is 9.90. The Morgan fingerprint density at radius 3 is 3.36 bits per heavy atom. The molecule has 0 aromatic carbocycles. The molecule has 2 aliphatic heterocycles. The summed E-state index contributed by atoms with van der Waals surface area (Å²) >= 11 is 0. The van der Waals surface area contributed by atoms with Crippen molar-refractivity contribution < 1.29 is 4.42 Å². The Labute approximate surface area is 82.4 Å². The van der Waals surface area contributed by atoms with E-state index in [2.05, 4.69) is 15.8 Å². The molecule has 0 radical (unpaired) electrons. The van der Waals surface area contributed by atoms with Crippen molar-refractivity contribution in [2.24, 2.45) is 11.0 Å². The highest BCUT2D eigenvalue weighted by Gasteiger charge is 2.35. The highest BCUT2D eigenvalue weighted by atomic mass is 16.3. The van der Waals surface area contributed by atoms with Crippen LogP contribution < -0.4 is 10.7 Å². The molecule has 2 unspecified atom stereocenters. The number of rotatable bonds is 1. The van der Waals surface area contributed by atoms with Gasteiger partial charge in [-0.1, -0.05) is 0 Å². The molecule has 0 bridgehead atoms. The average molecular weight is 191 g/mol. The summed E-state index contributed by atoms with van der Waals surface area (Å²) in [4.78, 5) is 0. The molecular weight excluding hydrogens is 178 g/mol. The van der Waals surface area contributed by atoms with Gasteiger partial charge in [0.15, 0.2) is 0 Å². The van der Waals surface area contributed by atoms with E-state index in [9.17, 15) is 0 Å². The third-order valence-electron chi connectivity index (χ3n) is 2.95. The fourth-order valence-corrected chi connectivity index (χ4v) is 2.20. The largest absolute Gasteiger partial charge is 0.467 e. The van der Waals surface area contributed by atoms with Gasteiger partial charge in [-0.25, -0.2) is 0 Å². The van der Waals surface area contributed by atoms with E-state index in [0.29, 0.717) is 5.92 Å². The van der Waals surface area contributed by atoms with Gasteiger partial charge in [0.05, 0.1) is 6.26 Å². The summed E-state index contributed by atoms with van der Waals surface area (Å²) < 4.78 is 5.40. The van der Waals surface area contributed by atoms with Crippen molar-refractivity contribution in [3.05, 3.63) is 24.2 Å². The van der Waals surface area contributed by atoms with Crippen LogP contribution in [-0.2, 0) is 0 Å². The molecule has 2 N–H and O–H groups in total. The first-order valence-electron chi connectivity index (χ1n) is 5.01. The van der Waals surface area contributed by atoms with Gasteiger partial charge >= 0.3 is 0 Å². The highest BCUT2D eigenvalue weighted by molar-refractivity contribution is 5.89. The zero-order chi connectivity index (χ0) is 9.38. The molecule has 4 nitrogen and oxygen atoms in total. The van der Waals surface area contributed by atoms with Crippen molar-refractivity contribution >= 4 is 5.71 Å². The van der Waals surface area contributed by atoms with Crippen LogP contribution in [0.5, 0.6) is 0 Å². The fourth-order valence-electron chi connectivity index (χ4n) is 2.20. The second-order valence-electron chi connectivity index (χ2n) is 3.79. The Morgan fingerprint density at radius 2 is 2.50 bits per heavy atom. The number of nitrogens with one attached hydrogen (secondary N) is 2. The average Bonchev–Trinajstić information content (AvgIpc) is 2.85. The minimum Gasteiger partial charge on any atom is -0.467 e. The first-order chi connectivity index (χ1) is 6.95. The van der Waals surface area contributed by atoms with E-state index in [1.807, 2.05) is 12.1 Å². The molecule has 1 fully saturated rings. The Morgan fingerprint density at radius 1 is 1.50 bits per heavy atom. The van der Waals surface area contributed by atoms with Crippen LogP contribution in [0.1, 0.15) is 18.2 Å². The Kier molecular flexibility index (Phi) is 1.80. The van der Waals surface area contributed by atoms with Gasteiger partial charge in [-0.15, -0.1) is 0 Å². The molecule has 74 valence electrons. The second-order valence-corrected chi connectivity index (χ2v) is 3.79. The molecule has 2 atom stereocenters. The first kappa shape index (κ1) is 8.05. The minimum absolute atomic E-state index is 0.229. The van der Waals surface area contributed by atoms with Crippen molar-refractivity contribution in [3.8, 4) is 0 Å². The lowest BCUT2D eigenvalue weighted by Crippen LogP contribution is -2.38. The van der Waals surface area contributed by atoms with Crippen molar-refractivity contribution in [1.82, 2.24) is 10.7 Å². The summed E-state index contributed by atoms with van der Waals surface area (Å²) in [6.07, 6.45) is 2.76. The van der Waals surface area contributed by atoms with Crippen LogP contribution in [0.2, 0.25) is 0 Å². The number of piperidine rings is 1. The standard InChI is InChI=1S/C10H13N3O/c1-2-9(14-5-1)10-7-6-11-4-3-8(7)12-13-10/h1-2,5,7,10-11,13H,3-4,6H2. The molecular formula is C10H13N3O. The number of hydrogen-bond acceptors (Lipinski definition) is 4. The van der Waals surface area contributed by atoms with Crippen LogP contribution in [0.15, 0.2) is 27.9 Å². The smallest absolute Gasteiger partial charge is 0.128 e. The lowest BCUT2D eigenvalue weighted by Gasteiger charge is -2.23. The monoisotopic (exact) mass is 191 g/mol. The van der Waals surface area contributed by atoms with Crippen molar-refractivity contribution in [2.75, 3.05) is 13.1 Å². The Bertz CT molecular complexity index is 344. The third kappa shape index (κ3) is 1.14. The van der Waals surface area contributed by atoms with E-state index in [4.69, 9.17) is 4.42 Å². The molecule has 0 amide bonds. The van der Waals surface area contributed by atoms with Crippen molar-refractivity contribution in [3.63, 3.8) is 0 Å². The summed E-state index contributed by atoms with van der Waals surface area (Å²) in [5.41, 5.74) is 4.44. The highest BCUT2D eigenvalue weighted by Crippen LogP contribution is 2.30. The van der Waals surface area contributed by atoms with Crippen molar-refractivity contribution in [2.45, 2.75) is 12.5 Å². The fraction of sp³-hybridized carbons (Fsp3) is 0.500. The summed E-state index contributed by atoms with van der Waals surface area (Å²) in [6.45, 7) is 2.04. The SMILES string of the molecule is c1coc(C2NN=C3CCNCC32)c1. The topological polar surface area (TPSA) is 49.6 Å². The summed E-state index contributed by atoms with van der Waals surface area (Å²) in [7, 11) is 0. The zero-order valence-corrected chi connectivity index (χ0v) is 7.86. The van der Waals surface area contributed by atoms with Gasteiger partial charge in [-0.05, 0) is 12.1 Å². The molecule has 14 heavy (non-hydrogen) atoms. The molecule has 2 aliphatic rings. The molecule has 1 aromatic rings. The predicted octanol–water partition coefficient (Wildman–Crippen LogP) is 0.889. The predicted molar refractivity (Wildman–Crippen MR) is 53.0 cm³/mol. The van der Waals surface area contributed by atoms with Crippen LogP contribution in [0.3, 0.4) is 0 Å². The van der Waals surface area contributed by atoms with E-state index < -0.39 is 0 Å². The molecule has 0 spiro atoms. The normalized spacial score (nSPS) is 30.7. The van der Waals surface area contributed by atoms with E-state index in [0.717, 1.165) is 25.3 Å². The summed E-state index contributed by atoms with van der Waals surface area (Å²) in [6, 6.07) is 4.16. The van der Waals surface area contributed by atoms with Crippen LogP contribution >= 0.6 is 0 Å². The van der Waals surface area contributed by atoms with Gasteiger partial charge in [0.25, 0.3) is 0 Å². The van der Waals surface area contributed by atoms with Crippen molar-refractivity contribution in [1.29, 1.82) is 0 Å². The van der Waals surface area contributed by atoms with Gasteiger partial charge in [0, 0.05) is 31.1 Å². The van der Waals surface area contributed by atoms with Gasteiger partial charge in [0.2, 0.25) is 0 Å². The maximum atomic E-state index is 5.40. The Balaban J connectivity index is 1.85. The zero-order valence-electron chi connectivity index (χ0n) is 7.86. The maximum absolute atomic E-state index is 5.40. The number of hydrazone groups is 1. The first-order valence-corrected chi connectivity index (χ1v) is 5.01. The quantitative estimate of drug-likeness (QED) is 0.693. The van der Waals surface area contributed by atoms with E-state index in [-0.39, 0.29) is 6.04 Å². The number of furan rings is 1. The molecule has 3 rings (SSSR count). The van der Waals surface area contributed by atoms with Crippen LogP contribution in [0.4, 0.5) is 0 Å². The molecule has 0 aliphatic carbocycles. The van der Waals surface area contributed by atoms with Crippen LogP contribution in [0.25, 0.3) is 0 Å². The summed E-state index contributed by atoms with van der Waals surface area (Å²) in [5.74, 6) is 1.45. The number of nitrogens with zero attached hydrogens (tertiary/aromatic N) is 1. The minimum atomic E-state index is 0.229. The van der Waals surface area contributed by atoms with E-state index >= 15 is 0 Å². The maximum Gasteiger partial charge on any atom is 0.128 e. The second kappa shape index (κ2) is 3.13. The third-order valence-corrected chi connectivity index (χ3v) is 2.95. The van der Waals surface area contributed by atoms with Crippen LogP contribution in [0, 0.1) is 5.92 Å². The molecule has 0 saturated carbocycles.